The Morgan fingerprint density at radius 1 is 1.21 bits per heavy atom. The van der Waals surface area contributed by atoms with E-state index in [9.17, 15) is 4.79 Å². The number of carboxylic acids is 1. The normalized spacial score (nSPS) is 11.8. The Morgan fingerprint density at radius 3 is 2.58 bits per heavy atom. The first kappa shape index (κ1) is 13.3. The summed E-state index contributed by atoms with van der Waals surface area (Å²) in [4.78, 5) is 10.7. The number of hydrogen-bond donors (Lipinski definition) is 3. The van der Waals surface area contributed by atoms with E-state index < -0.39 is 12.0 Å². The Morgan fingerprint density at radius 2 is 1.89 bits per heavy atom. The van der Waals surface area contributed by atoms with Gasteiger partial charge in [0.2, 0.25) is 0 Å². The lowest BCUT2D eigenvalue weighted by molar-refractivity contribution is -0.138. The van der Waals surface area contributed by atoms with Gasteiger partial charge in [-0.15, -0.1) is 0 Å². The molecule has 0 fully saturated rings. The van der Waals surface area contributed by atoms with Crippen LogP contribution in [0, 0.1) is 0 Å². The van der Waals surface area contributed by atoms with Crippen molar-refractivity contribution in [1.82, 2.24) is 5.32 Å². The number of benzene rings is 2. The molecule has 2 aromatic rings. The van der Waals surface area contributed by atoms with Crippen molar-refractivity contribution < 1.29 is 9.90 Å². The van der Waals surface area contributed by atoms with Crippen LogP contribution in [0.15, 0.2) is 42.5 Å². The zero-order valence-corrected chi connectivity index (χ0v) is 11.2. The summed E-state index contributed by atoms with van der Waals surface area (Å²) in [6.45, 7) is 1.54. The largest absolute Gasteiger partial charge is 0.480 e. The molecule has 98 valence electrons. The maximum absolute atomic E-state index is 10.7. The summed E-state index contributed by atoms with van der Waals surface area (Å²) in [5.74, 6) is -0.942. The highest BCUT2D eigenvalue weighted by Gasteiger charge is 2.11. The van der Waals surface area contributed by atoms with Crippen molar-refractivity contribution in [2.24, 2.45) is 0 Å². The van der Waals surface area contributed by atoms with Crippen molar-refractivity contribution in [3.05, 3.63) is 42.5 Å². The second kappa shape index (κ2) is 5.67. The topological polar surface area (TPSA) is 61.4 Å². The van der Waals surface area contributed by atoms with Crippen LogP contribution in [0.3, 0.4) is 0 Å². The average Bonchev–Trinajstić information content (AvgIpc) is 2.38. The fourth-order valence-corrected chi connectivity index (χ4v) is 1.99. The minimum Gasteiger partial charge on any atom is -0.480 e. The Balaban J connectivity index is 2.09. The van der Waals surface area contributed by atoms with Gasteiger partial charge in [-0.25, -0.2) is 0 Å². The molecule has 5 heteroatoms. The first-order chi connectivity index (χ1) is 9.06. The van der Waals surface area contributed by atoms with E-state index in [2.05, 4.69) is 10.6 Å². The Hall–Kier alpha value is -2.14. The summed E-state index contributed by atoms with van der Waals surface area (Å²) in [6, 6.07) is 13.1. The number of nitrogens with one attached hydrogen (secondary N) is 2. The van der Waals surface area contributed by atoms with Crippen molar-refractivity contribution in [2.75, 3.05) is 5.32 Å². The number of rotatable bonds is 3. The van der Waals surface area contributed by atoms with Crippen LogP contribution < -0.4 is 10.6 Å². The number of anilines is 1. The highest BCUT2D eigenvalue weighted by atomic mass is 32.1. The highest BCUT2D eigenvalue weighted by Crippen LogP contribution is 2.18. The second-order valence-electron chi connectivity index (χ2n) is 4.22. The van der Waals surface area contributed by atoms with E-state index in [0.29, 0.717) is 5.11 Å². The van der Waals surface area contributed by atoms with E-state index in [-0.39, 0.29) is 0 Å². The van der Waals surface area contributed by atoms with Gasteiger partial charge in [0.1, 0.15) is 6.04 Å². The summed E-state index contributed by atoms with van der Waals surface area (Å²) < 4.78 is 0. The quantitative estimate of drug-likeness (QED) is 0.751. The van der Waals surface area contributed by atoms with E-state index in [0.717, 1.165) is 16.5 Å². The lowest BCUT2D eigenvalue weighted by atomic mass is 10.1. The van der Waals surface area contributed by atoms with Crippen molar-refractivity contribution in [1.29, 1.82) is 0 Å². The van der Waals surface area contributed by atoms with Crippen LogP contribution >= 0.6 is 12.2 Å². The monoisotopic (exact) mass is 274 g/mol. The average molecular weight is 274 g/mol. The smallest absolute Gasteiger partial charge is 0.325 e. The molecule has 19 heavy (non-hydrogen) atoms. The number of aliphatic carboxylic acids is 1. The molecular weight excluding hydrogens is 260 g/mol. The van der Waals surface area contributed by atoms with E-state index in [4.69, 9.17) is 17.3 Å². The summed E-state index contributed by atoms with van der Waals surface area (Å²) in [6.07, 6.45) is 0. The minimum atomic E-state index is -0.942. The fourth-order valence-electron chi connectivity index (χ4n) is 1.69. The Labute approximate surface area is 116 Å². The first-order valence-corrected chi connectivity index (χ1v) is 6.26. The van der Waals surface area contributed by atoms with Gasteiger partial charge >= 0.3 is 5.97 Å². The van der Waals surface area contributed by atoms with Crippen LogP contribution in [0.2, 0.25) is 0 Å². The fraction of sp³-hybridized carbons (Fsp3) is 0.143. The van der Waals surface area contributed by atoms with Crippen LogP contribution in [-0.4, -0.2) is 22.2 Å². The lowest BCUT2D eigenvalue weighted by Gasteiger charge is -2.13. The molecule has 4 nitrogen and oxygen atoms in total. The second-order valence-corrected chi connectivity index (χ2v) is 4.63. The number of carboxylic acid groups (broad SMARTS) is 1. The van der Waals surface area contributed by atoms with Crippen molar-refractivity contribution in [3.63, 3.8) is 0 Å². The molecule has 1 unspecified atom stereocenters. The summed E-state index contributed by atoms with van der Waals surface area (Å²) in [5, 5.41) is 17.0. The van der Waals surface area contributed by atoms with Gasteiger partial charge in [0.05, 0.1) is 0 Å². The lowest BCUT2D eigenvalue weighted by Crippen LogP contribution is -2.40. The van der Waals surface area contributed by atoms with Gasteiger partial charge in [0.25, 0.3) is 0 Å². The first-order valence-electron chi connectivity index (χ1n) is 5.85. The van der Waals surface area contributed by atoms with Crippen LogP contribution in [0.5, 0.6) is 0 Å². The number of fused-ring (bicyclic) bond motifs is 1. The van der Waals surface area contributed by atoms with Gasteiger partial charge in [0, 0.05) is 5.69 Å². The van der Waals surface area contributed by atoms with Gasteiger partial charge in [-0.3, -0.25) is 4.79 Å². The molecular formula is C14H14N2O2S. The third-order valence-electron chi connectivity index (χ3n) is 2.73. The standard InChI is InChI=1S/C14H14N2O2S/c1-9(13(17)18)15-14(19)16-12-7-6-10-4-2-3-5-11(10)8-12/h2-9H,1H3,(H,17,18)(H2,15,16,19). The maximum atomic E-state index is 10.7. The number of carbonyl (C=O) groups is 1. The van der Waals surface area contributed by atoms with Gasteiger partial charge in [-0.1, -0.05) is 30.3 Å². The molecule has 0 aliphatic carbocycles. The SMILES string of the molecule is CC(NC(=S)Nc1ccc2ccccc2c1)C(=O)O. The van der Waals surface area contributed by atoms with Crippen LogP contribution in [0.1, 0.15) is 6.92 Å². The molecule has 0 bridgehead atoms. The predicted octanol–water partition coefficient (Wildman–Crippen LogP) is 2.60. The van der Waals surface area contributed by atoms with Crippen LogP contribution in [0.25, 0.3) is 10.8 Å². The van der Waals surface area contributed by atoms with Crippen molar-refractivity contribution in [2.45, 2.75) is 13.0 Å². The van der Waals surface area contributed by atoms with E-state index >= 15 is 0 Å². The summed E-state index contributed by atoms with van der Waals surface area (Å²) >= 11 is 5.07. The minimum absolute atomic E-state index is 0.296. The molecule has 3 N–H and O–H groups in total. The van der Waals surface area contributed by atoms with E-state index in [1.807, 2.05) is 42.5 Å². The van der Waals surface area contributed by atoms with Gasteiger partial charge in [-0.2, -0.15) is 0 Å². The van der Waals surface area contributed by atoms with E-state index in [1.54, 1.807) is 0 Å². The highest BCUT2D eigenvalue weighted by molar-refractivity contribution is 7.80. The number of hydrogen-bond acceptors (Lipinski definition) is 2. The molecule has 0 aliphatic heterocycles. The van der Waals surface area contributed by atoms with Crippen LogP contribution in [0.4, 0.5) is 5.69 Å². The zero-order chi connectivity index (χ0) is 13.8. The molecule has 2 aromatic carbocycles. The third-order valence-corrected chi connectivity index (χ3v) is 2.95. The molecule has 1 atom stereocenters. The molecule has 0 radical (unpaired) electrons. The molecule has 0 heterocycles. The Bertz CT molecular complexity index is 628. The third kappa shape index (κ3) is 3.42. The summed E-state index contributed by atoms with van der Waals surface area (Å²) in [7, 11) is 0. The Kier molecular flexibility index (Phi) is 3.97. The predicted molar refractivity (Wildman–Crippen MR) is 80.4 cm³/mol. The maximum Gasteiger partial charge on any atom is 0.325 e. The molecule has 2 rings (SSSR count). The van der Waals surface area contributed by atoms with E-state index in [1.165, 1.54) is 6.92 Å². The molecule has 0 aliphatic rings. The van der Waals surface area contributed by atoms with Crippen molar-refractivity contribution >= 4 is 39.8 Å². The van der Waals surface area contributed by atoms with Gasteiger partial charge in [0.15, 0.2) is 5.11 Å². The van der Waals surface area contributed by atoms with Crippen LogP contribution in [-0.2, 0) is 4.79 Å². The number of thiocarbonyl (C=S) groups is 1. The van der Waals surface area contributed by atoms with Crippen molar-refractivity contribution in [3.8, 4) is 0 Å². The molecule has 0 spiro atoms. The van der Waals surface area contributed by atoms with Gasteiger partial charge < -0.3 is 15.7 Å². The molecule has 0 aromatic heterocycles. The molecule has 0 saturated heterocycles. The van der Waals surface area contributed by atoms with Gasteiger partial charge in [-0.05, 0) is 42.0 Å². The zero-order valence-electron chi connectivity index (χ0n) is 10.4. The molecule has 0 saturated carbocycles. The summed E-state index contributed by atoms with van der Waals surface area (Å²) in [5.41, 5.74) is 0.828. The molecule has 0 amide bonds.